The molecule has 0 saturated heterocycles. The Balaban J connectivity index is 1.98. The molecule has 5 heteroatoms. The molecule has 0 radical (unpaired) electrons. The van der Waals surface area contributed by atoms with E-state index in [1.165, 1.54) is 35.5 Å². The minimum absolute atomic E-state index is 0.00774. The third-order valence-electron chi connectivity index (χ3n) is 2.89. The maximum Gasteiger partial charge on any atom is 0.237 e. The van der Waals surface area contributed by atoms with Crippen LogP contribution in [0.15, 0.2) is 47.4 Å². The van der Waals surface area contributed by atoms with Crippen LogP contribution in [0.25, 0.3) is 0 Å². The molecule has 0 fully saturated rings. The van der Waals surface area contributed by atoms with E-state index in [9.17, 15) is 9.18 Å². The van der Waals surface area contributed by atoms with Crippen LogP contribution >= 0.6 is 23.4 Å². The number of halogens is 2. The molecule has 110 valence electrons. The zero-order valence-electron chi connectivity index (χ0n) is 11.7. The van der Waals surface area contributed by atoms with Crippen molar-refractivity contribution < 1.29 is 9.18 Å². The molecule has 2 aromatic rings. The number of hydrogen-bond donors (Lipinski definition) is 1. The van der Waals surface area contributed by atoms with Gasteiger partial charge in [-0.05, 0) is 44.2 Å². The van der Waals surface area contributed by atoms with Gasteiger partial charge < -0.3 is 5.32 Å². The molecule has 1 atom stereocenters. The maximum atomic E-state index is 13.1. The number of nitrogens with one attached hydrogen (secondary N) is 1. The third-order valence-corrected chi connectivity index (χ3v) is 4.29. The summed E-state index contributed by atoms with van der Waals surface area (Å²) in [6.07, 6.45) is 0. The van der Waals surface area contributed by atoms with Gasteiger partial charge in [-0.25, -0.2) is 4.39 Å². The van der Waals surface area contributed by atoms with Crippen molar-refractivity contribution in [3.05, 3.63) is 58.9 Å². The van der Waals surface area contributed by atoms with Crippen molar-refractivity contribution >= 4 is 35.0 Å². The third kappa shape index (κ3) is 4.48. The Morgan fingerprint density at radius 2 is 1.90 bits per heavy atom. The number of carbonyl (C=O) groups is 1. The first-order chi connectivity index (χ1) is 9.95. The predicted octanol–water partition coefficient (Wildman–Crippen LogP) is 4.91. The normalized spacial score (nSPS) is 12.0. The largest absolute Gasteiger partial charge is 0.325 e. The van der Waals surface area contributed by atoms with Crippen molar-refractivity contribution in [3.63, 3.8) is 0 Å². The highest BCUT2D eigenvalue weighted by Gasteiger charge is 2.15. The van der Waals surface area contributed by atoms with Crippen molar-refractivity contribution in [2.24, 2.45) is 0 Å². The monoisotopic (exact) mass is 323 g/mol. The number of thioether (sulfide) groups is 1. The quantitative estimate of drug-likeness (QED) is 0.810. The van der Waals surface area contributed by atoms with Gasteiger partial charge in [0.25, 0.3) is 0 Å². The Bertz CT molecular complexity index is 645. The fraction of sp³-hybridized carbons (Fsp3) is 0.188. The van der Waals surface area contributed by atoms with Crippen LogP contribution in [0.1, 0.15) is 12.5 Å². The van der Waals surface area contributed by atoms with E-state index in [0.717, 1.165) is 4.90 Å². The van der Waals surface area contributed by atoms with Gasteiger partial charge in [-0.1, -0.05) is 29.3 Å². The summed E-state index contributed by atoms with van der Waals surface area (Å²) in [5.41, 5.74) is 1.67. The van der Waals surface area contributed by atoms with Gasteiger partial charge in [0.05, 0.1) is 10.3 Å². The zero-order chi connectivity index (χ0) is 15.4. The summed E-state index contributed by atoms with van der Waals surface area (Å²) in [6.45, 7) is 3.84. The van der Waals surface area contributed by atoms with Crippen LogP contribution in [-0.4, -0.2) is 11.2 Å². The average Bonchev–Trinajstić information content (AvgIpc) is 2.45. The molecule has 0 bridgehead atoms. The number of aryl methyl sites for hydroxylation is 1. The van der Waals surface area contributed by atoms with Crippen molar-refractivity contribution in [2.75, 3.05) is 5.32 Å². The molecule has 0 spiro atoms. The summed E-state index contributed by atoms with van der Waals surface area (Å²) in [6, 6.07) is 12.1. The standard InChI is InChI=1S/C16H15ClFNOS/c1-10-3-6-13(7-4-10)21-11(2)16(20)19-12-5-8-15(18)14(17)9-12/h3-9,11H,1-2H3,(H,19,20)/t11-/m1/s1. The van der Waals surface area contributed by atoms with Crippen LogP contribution in [-0.2, 0) is 4.79 Å². The van der Waals surface area contributed by atoms with E-state index in [2.05, 4.69) is 5.32 Å². The Morgan fingerprint density at radius 3 is 2.52 bits per heavy atom. The highest BCUT2D eigenvalue weighted by molar-refractivity contribution is 8.00. The van der Waals surface area contributed by atoms with Crippen molar-refractivity contribution in [1.82, 2.24) is 0 Å². The van der Waals surface area contributed by atoms with Gasteiger partial charge in [-0.2, -0.15) is 0 Å². The fourth-order valence-corrected chi connectivity index (χ4v) is 2.74. The van der Waals surface area contributed by atoms with E-state index in [-0.39, 0.29) is 16.2 Å². The lowest BCUT2D eigenvalue weighted by Gasteiger charge is -2.12. The van der Waals surface area contributed by atoms with Crippen LogP contribution in [0.5, 0.6) is 0 Å². The summed E-state index contributed by atoms with van der Waals surface area (Å²) in [7, 11) is 0. The number of carbonyl (C=O) groups excluding carboxylic acids is 1. The number of anilines is 1. The minimum atomic E-state index is -0.503. The van der Waals surface area contributed by atoms with Gasteiger partial charge in [0, 0.05) is 10.6 Å². The summed E-state index contributed by atoms with van der Waals surface area (Å²) in [5, 5.41) is 2.46. The predicted molar refractivity (Wildman–Crippen MR) is 86.5 cm³/mol. The first-order valence-corrected chi connectivity index (χ1v) is 7.70. The summed E-state index contributed by atoms with van der Waals surface area (Å²) in [5.74, 6) is -0.653. The zero-order valence-corrected chi connectivity index (χ0v) is 13.3. The number of benzene rings is 2. The van der Waals surface area contributed by atoms with Gasteiger partial charge in [0.1, 0.15) is 5.82 Å². The molecular formula is C16H15ClFNOS. The molecule has 0 aliphatic heterocycles. The molecule has 2 rings (SSSR count). The lowest BCUT2D eigenvalue weighted by molar-refractivity contribution is -0.115. The lowest BCUT2D eigenvalue weighted by Crippen LogP contribution is -2.22. The Labute approximate surface area is 132 Å². The van der Waals surface area contributed by atoms with E-state index in [0.29, 0.717) is 5.69 Å². The first-order valence-electron chi connectivity index (χ1n) is 6.45. The van der Waals surface area contributed by atoms with Crippen molar-refractivity contribution in [1.29, 1.82) is 0 Å². The second kappa shape index (κ2) is 6.96. The van der Waals surface area contributed by atoms with Crippen molar-refractivity contribution in [3.8, 4) is 0 Å². The second-order valence-electron chi connectivity index (χ2n) is 4.69. The molecule has 21 heavy (non-hydrogen) atoms. The molecule has 0 heterocycles. The van der Waals surface area contributed by atoms with E-state index < -0.39 is 5.82 Å². The van der Waals surface area contributed by atoms with Crippen LogP contribution in [0, 0.1) is 12.7 Å². The van der Waals surface area contributed by atoms with E-state index in [4.69, 9.17) is 11.6 Å². The smallest absolute Gasteiger partial charge is 0.237 e. The SMILES string of the molecule is Cc1ccc(S[C@H](C)C(=O)Nc2ccc(F)c(Cl)c2)cc1. The summed E-state index contributed by atoms with van der Waals surface area (Å²) >= 11 is 7.16. The molecule has 1 N–H and O–H groups in total. The van der Waals surface area contributed by atoms with Crippen molar-refractivity contribution in [2.45, 2.75) is 24.0 Å². The molecule has 0 unspecified atom stereocenters. The molecule has 1 amide bonds. The number of rotatable bonds is 4. The van der Waals surface area contributed by atoms with E-state index in [1.54, 1.807) is 0 Å². The van der Waals surface area contributed by atoms with Gasteiger partial charge in [0.15, 0.2) is 0 Å². The Kier molecular flexibility index (Phi) is 5.26. The van der Waals surface area contributed by atoms with Gasteiger partial charge >= 0.3 is 0 Å². The summed E-state index contributed by atoms with van der Waals surface area (Å²) < 4.78 is 13.1. The molecule has 2 aromatic carbocycles. The fourth-order valence-electron chi connectivity index (χ4n) is 1.69. The minimum Gasteiger partial charge on any atom is -0.325 e. The number of hydrogen-bond acceptors (Lipinski definition) is 2. The summed E-state index contributed by atoms with van der Waals surface area (Å²) in [4.78, 5) is 13.1. The second-order valence-corrected chi connectivity index (χ2v) is 6.51. The first kappa shape index (κ1) is 15.9. The lowest BCUT2D eigenvalue weighted by atomic mass is 10.2. The molecule has 2 nitrogen and oxygen atoms in total. The van der Waals surface area contributed by atoms with Crippen LogP contribution in [0.4, 0.5) is 10.1 Å². The Hall–Kier alpha value is -1.52. The topological polar surface area (TPSA) is 29.1 Å². The van der Waals surface area contributed by atoms with Crippen LogP contribution < -0.4 is 5.32 Å². The number of amides is 1. The maximum absolute atomic E-state index is 13.1. The Morgan fingerprint density at radius 1 is 1.24 bits per heavy atom. The highest BCUT2D eigenvalue weighted by Crippen LogP contribution is 2.25. The van der Waals surface area contributed by atoms with Crippen LogP contribution in [0.2, 0.25) is 5.02 Å². The molecular weight excluding hydrogens is 309 g/mol. The van der Waals surface area contributed by atoms with E-state index >= 15 is 0 Å². The average molecular weight is 324 g/mol. The molecule has 0 saturated carbocycles. The van der Waals surface area contributed by atoms with Crippen LogP contribution in [0.3, 0.4) is 0 Å². The van der Waals surface area contributed by atoms with Gasteiger partial charge in [-0.3, -0.25) is 4.79 Å². The molecule has 0 aromatic heterocycles. The molecule has 0 aliphatic rings. The van der Waals surface area contributed by atoms with E-state index in [1.807, 2.05) is 38.1 Å². The van der Waals surface area contributed by atoms with Gasteiger partial charge in [-0.15, -0.1) is 11.8 Å². The van der Waals surface area contributed by atoms with Gasteiger partial charge in [0.2, 0.25) is 5.91 Å². The highest BCUT2D eigenvalue weighted by atomic mass is 35.5. The molecule has 0 aliphatic carbocycles.